The Labute approximate surface area is 113 Å². The molecule has 18 heavy (non-hydrogen) atoms. The molecule has 2 aromatic heterocycles. The molecule has 1 amide bonds. The van der Waals surface area contributed by atoms with Gasteiger partial charge in [-0.05, 0) is 18.5 Å². The highest BCUT2D eigenvalue weighted by atomic mass is 32.1. The van der Waals surface area contributed by atoms with E-state index in [1.54, 1.807) is 29.6 Å². The predicted molar refractivity (Wildman–Crippen MR) is 75.1 cm³/mol. The van der Waals surface area contributed by atoms with Crippen LogP contribution in [-0.4, -0.2) is 17.4 Å². The van der Waals surface area contributed by atoms with Gasteiger partial charge in [0.1, 0.15) is 10.0 Å². The summed E-state index contributed by atoms with van der Waals surface area (Å²) in [4.78, 5) is 17.0. The lowest BCUT2D eigenvalue weighted by Crippen LogP contribution is -2.22. The molecule has 0 aliphatic carbocycles. The molecule has 3 heterocycles. The maximum absolute atomic E-state index is 11.3. The number of fused-ring (bicyclic) bond motifs is 1. The molecular formula is C12H13N3OS2. The monoisotopic (exact) mass is 279 g/mol. The van der Waals surface area contributed by atoms with E-state index in [-0.39, 0.29) is 5.91 Å². The summed E-state index contributed by atoms with van der Waals surface area (Å²) in [5.74, 6) is -0.0284. The van der Waals surface area contributed by atoms with Gasteiger partial charge in [-0.15, -0.1) is 22.7 Å². The summed E-state index contributed by atoms with van der Waals surface area (Å²) in [7, 11) is 0. The van der Waals surface area contributed by atoms with Crippen molar-refractivity contribution in [3.63, 3.8) is 0 Å². The number of anilines is 1. The minimum absolute atomic E-state index is 0.0284. The highest BCUT2D eigenvalue weighted by Gasteiger charge is 2.23. The van der Waals surface area contributed by atoms with E-state index in [2.05, 4.69) is 15.6 Å². The average Bonchev–Trinajstić information content (AvgIpc) is 2.93. The summed E-state index contributed by atoms with van der Waals surface area (Å²) < 4.78 is 0. The normalized spacial score (nSPS) is 14.3. The summed E-state index contributed by atoms with van der Waals surface area (Å²) in [6.45, 7) is 3.42. The Morgan fingerprint density at radius 1 is 1.56 bits per heavy atom. The van der Waals surface area contributed by atoms with Crippen LogP contribution in [-0.2, 0) is 17.8 Å². The molecular weight excluding hydrogens is 266 g/mol. The summed E-state index contributed by atoms with van der Waals surface area (Å²) in [6, 6.07) is 0. The van der Waals surface area contributed by atoms with E-state index >= 15 is 0 Å². The first-order valence-electron chi connectivity index (χ1n) is 5.78. The molecule has 94 valence electrons. The minimum atomic E-state index is -0.0284. The maximum Gasteiger partial charge on any atom is 0.221 e. The number of carbonyl (C=O) groups is 1. The van der Waals surface area contributed by atoms with E-state index in [9.17, 15) is 4.79 Å². The van der Waals surface area contributed by atoms with Gasteiger partial charge >= 0.3 is 0 Å². The summed E-state index contributed by atoms with van der Waals surface area (Å²) in [5, 5.41) is 10.2. The Kier molecular flexibility index (Phi) is 3.15. The molecule has 4 nitrogen and oxygen atoms in total. The zero-order valence-corrected chi connectivity index (χ0v) is 11.6. The van der Waals surface area contributed by atoms with E-state index in [4.69, 9.17) is 0 Å². The fourth-order valence-electron chi connectivity index (χ4n) is 2.16. The van der Waals surface area contributed by atoms with Crippen LogP contribution < -0.4 is 10.6 Å². The fraction of sp³-hybridized carbons (Fsp3) is 0.333. The first kappa shape index (κ1) is 11.8. The molecule has 2 N–H and O–H groups in total. The molecule has 2 aromatic rings. The molecule has 0 unspecified atom stereocenters. The fourth-order valence-corrected chi connectivity index (χ4v) is 4.20. The van der Waals surface area contributed by atoms with Crippen molar-refractivity contribution in [2.24, 2.45) is 0 Å². The molecule has 0 atom stereocenters. The Bertz CT molecular complexity index is 574. The number of amides is 1. The lowest BCUT2D eigenvalue weighted by molar-refractivity contribution is -0.114. The zero-order valence-electron chi connectivity index (χ0n) is 9.95. The van der Waals surface area contributed by atoms with Crippen LogP contribution >= 0.6 is 22.7 Å². The van der Waals surface area contributed by atoms with Gasteiger partial charge in [0, 0.05) is 35.5 Å². The number of nitrogens with zero attached hydrogens (tertiary/aromatic N) is 1. The number of thiophene rings is 1. The number of aromatic nitrogens is 1. The van der Waals surface area contributed by atoms with Crippen LogP contribution in [0.1, 0.15) is 17.4 Å². The third kappa shape index (κ3) is 2.07. The maximum atomic E-state index is 11.3. The summed E-state index contributed by atoms with van der Waals surface area (Å²) in [6.07, 6.45) is 2.81. The molecule has 0 saturated carbocycles. The van der Waals surface area contributed by atoms with Crippen molar-refractivity contribution in [1.82, 2.24) is 10.3 Å². The first-order valence-corrected chi connectivity index (χ1v) is 7.48. The van der Waals surface area contributed by atoms with Crippen molar-refractivity contribution in [1.29, 1.82) is 0 Å². The van der Waals surface area contributed by atoms with Crippen LogP contribution in [0.3, 0.4) is 0 Å². The highest BCUT2D eigenvalue weighted by molar-refractivity contribution is 7.18. The molecule has 0 bridgehead atoms. The van der Waals surface area contributed by atoms with Gasteiger partial charge in [0.15, 0.2) is 0 Å². The van der Waals surface area contributed by atoms with Gasteiger partial charge in [-0.1, -0.05) is 0 Å². The van der Waals surface area contributed by atoms with Crippen LogP contribution in [0, 0.1) is 0 Å². The Balaban J connectivity index is 2.13. The summed E-state index contributed by atoms with van der Waals surface area (Å²) >= 11 is 3.28. The van der Waals surface area contributed by atoms with E-state index in [1.807, 2.05) is 11.6 Å². The molecule has 0 radical (unpaired) electrons. The number of rotatable bonds is 2. The Morgan fingerprint density at radius 2 is 2.44 bits per heavy atom. The van der Waals surface area contributed by atoms with Gasteiger partial charge in [-0.2, -0.15) is 0 Å². The van der Waals surface area contributed by atoms with Crippen LogP contribution in [0.4, 0.5) is 5.00 Å². The largest absolute Gasteiger partial charge is 0.317 e. The van der Waals surface area contributed by atoms with E-state index < -0.39 is 0 Å². The quantitative estimate of drug-likeness (QED) is 0.888. The molecule has 0 spiro atoms. The topological polar surface area (TPSA) is 54.0 Å². The van der Waals surface area contributed by atoms with Crippen LogP contribution in [0.25, 0.3) is 10.6 Å². The number of nitrogens with one attached hydrogen (secondary N) is 2. The minimum Gasteiger partial charge on any atom is -0.317 e. The third-order valence-corrected chi connectivity index (χ3v) is 4.80. The van der Waals surface area contributed by atoms with Crippen LogP contribution in [0.15, 0.2) is 11.6 Å². The SMILES string of the molecule is CC(=O)Nc1sc2c(c1-c1nccs1)CCNC2. The van der Waals surface area contributed by atoms with Gasteiger partial charge in [-0.25, -0.2) is 4.98 Å². The Hall–Kier alpha value is -1.24. The van der Waals surface area contributed by atoms with Crippen molar-refractivity contribution >= 4 is 33.6 Å². The average molecular weight is 279 g/mol. The molecule has 0 aromatic carbocycles. The second-order valence-electron chi connectivity index (χ2n) is 4.15. The number of thiazole rings is 1. The highest BCUT2D eigenvalue weighted by Crippen LogP contribution is 2.42. The second-order valence-corrected chi connectivity index (χ2v) is 6.15. The van der Waals surface area contributed by atoms with Gasteiger partial charge in [0.05, 0.1) is 0 Å². The predicted octanol–water partition coefficient (Wildman–Crippen LogP) is 2.48. The number of hydrogen-bond acceptors (Lipinski definition) is 5. The first-order chi connectivity index (χ1) is 8.75. The molecule has 0 saturated heterocycles. The zero-order chi connectivity index (χ0) is 12.5. The summed E-state index contributed by atoms with van der Waals surface area (Å²) in [5.41, 5.74) is 2.47. The van der Waals surface area contributed by atoms with E-state index in [0.717, 1.165) is 35.1 Å². The molecule has 1 aliphatic heterocycles. The third-order valence-electron chi connectivity index (χ3n) is 2.86. The van der Waals surface area contributed by atoms with Gasteiger partial charge in [0.2, 0.25) is 5.91 Å². The lowest BCUT2D eigenvalue weighted by Gasteiger charge is -2.13. The van der Waals surface area contributed by atoms with Gasteiger partial charge in [0.25, 0.3) is 0 Å². The van der Waals surface area contributed by atoms with Crippen molar-refractivity contribution in [3.05, 3.63) is 22.0 Å². The van der Waals surface area contributed by atoms with Crippen LogP contribution in [0.5, 0.6) is 0 Å². The number of carbonyl (C=O) groups excluding carboxylic acids is 1. The molecule has 3 rings (SSSR count). The van der Waals surface area contributed by atoms with Crippen molar-refractivity contribution in [2.75, 3.05) is 11.9 Å². The second kappa shape index (κ2) is 4.79. The van der Waals surface area contributed by atoms with Crippen molar-refractivity contribution < 1.29 is 4.79 Å². The smallest absolute Gasteiger partial charge is 0.221 e. The molecule has 0 fully saturated rings. The molecule has 6 heteroatoms. The van der Waals surface area contributed by atoms with Gasteiger partial charge < -0.3 is 10.6 Å². The van der Waals surface area contributed by atoms with Crippen molar-refractivity contribution in [2.45, 2.75) is 19.9 Å². The molecule has 1 aliphatic rings. The standard InChI is InChI=1S/C12H13N3OS2/c1-7(16)15-12-10(11-14-4-5-17-11)8-2-3-13-6-9(8)18-12/h4-5,13H,2-3,6H2,1H3,(H,15,16). The van der Waals surface area contributed by atoms with E-state index in [0.29, 0.717) is 0 Å². The lowest BCUT2D eigenvalue weighted by atomic mass is 10.0. The number of hydrogen-bond donors (Lipinski definition) is 2. The van der Waals surface area contributed by atoms with E-state index in [1.165, 1.54) is 10.4 Å². The van der Waals surface area contributed by atoms with Crippen molar-refractivity contribution in [3.8, 4) is 10.6 Å². The van der Waals surface area contributed by atoms with Crippen LogP contribution in [0.2, 0.25) is 0 Å². The van der Waals surface area contributed by atoms with Gasteiger partial charge in [-0.3, -0.25) is 4.79 Å². The Morgan fingerprint density at radius 3 is 3.17 bits per heavy atom.